The number of pyridine rings is 1. The molecule has 1 rings (SSSR count). The van der Waals surface area contributed by atoms with Crippen LogP contribution in [0.25, 0.3) is 0 Å². The van der Waals surface area contributed by atoms with Crippen LogP contribution in [0, 0.1) is 10.1 Å². The Kier molecular flexibility index (Phi) is 6.11. The highest BCUT2D eigenvalue weighted by Gasteiger charge is 2.17. The van der Waals surface area contributed by atoms with Crippen LogP contribution in [-0.2, 0) is 4.74 Å². The normalized spacial score (nSPS) is 10.0. The van der Waals surface area contributed by atoms with Crippen molar-refractivity contribution in [1.82, 2.24) is 4.98 Å². The number of anilines is 1. The van der Waals surface area contributed by atoms with Gasteiger partial charge in [0.15, 0.2) is 5.69 Å². The van der Waals surface area contributed by atoms with E-state index < -0.39 is 10.9 Å². The number of aromatic carboxylic acids is 1. The number of hydrogen-bond acceptors (Lipinski definition) is 6. The standard InChI is InChI=1S/C12H15N3O5/c1-2-3-7-20-8-6-13-11-10(15(18)19)5-4-9(14-11)12(16)17/h2,4-5H,1,3,6-8H2,(H,13,14)(H,16,17). The molecule has 8 nitrogen and oxygen atoms in total. The van der Waals surface area contributed by atoms with Gasteiger partial charge in [-0.3, -0.25) is 10.1 Å². The number of nitrogens with zero attached hydrogens (tertiary/aromatic N) is 2. The summed E-state index contributed by atoms with van der Waals surface area (Å²) in [6, 6.07) is 2.20. The maximum atomic E-state index is 10.8. The Balaban J connectivity index is 2.65. The van der Waals surface area contributed by atoms with Crippen LogP contribution >= 0.6 is 0 Å². The molecule has 0 spiro atoms. The lowest BCUT2D eigenvalue weighted by molar-refractivity contribution is -0.384. The first-order chi connectivity index (χ1) is 9.56. The van der Waals surface area contributed by atoms with Gasteiger partial charge in [-0.15, -0.1) is 6.58 Å². The summed E-state index contributed by atoms with van der Waals surface area (Å²) in [7, 11) is 0. The average molecular weight is 281 g/mol. The van der Waals surface area contributed by atoms with E-state index in [9.17, 15) is 14.9 Å². The van der Waals surface area contributed by atoms with E-state index in [0.717, 1.165) is 12.1 Å². The molecule has 0 unspecified atom stereocenters. The number of ether oxygens (including phenoxy) is 1. The summed E-state index contributed by atoms with van der Waals surface area (Å²) in [6.07, 6.45) is 2.43. The van der Waals surface area contributed by atoms with E-state index in [-0.39, 0.29) is 23.7 Å². The van der Waals surface area contributed by atoms with Crippen molar-refractivity contribution in [2.45, 2.75) is 6.42 Å². The lowest BCUT2D eigenvalue weighted by atomic mass is 10.3. The number of carbonyl (C=O) groups is 1. The third-order valence-corrected chi connectivity index (χ3v) is 2.29. The van der Waals surface area contributed by atoms with Gasteiger partial charge in [0.1, 0.15) is 0 Å². The number of nitro groups is 1. The molecule has 0 saturated carbocycles. The molecule has 0 atom stereocenters. The van der Waals surface area contributed by atoms with Crippen molar-refractivity contribution in [3.63, 3.8) is 0 Å². The average Bonchev–Trinajstić information content (AvgIpc) is 2.42. The van der Waals surface area contributed by atoms with Gasteiger partial charge in [0.05, 0.1) is 18.1 Å². The van der Waals surface area contributed by atoms with E-state index in [1.54, 1.807) is 6.08 Å². The van der Waals surface area contributed by atoms with Gasteiger partial charge in [0, 0.05) is 12.6 Å². The molecule has 1 heterocycles. The maximum absolute atomic E-state index is 10.8. The van der Waals surface area contributed by atoms with E-state index >= 15 is 0 Å². The van der Waals surface area contributed by atoms with Gasteiger partial charge in [-0.2, -0.15) is 0 Å². The summed E-state index contributed by atoms with van der Waals surface area (Å²) in [5.74, 6) is -1.33. The van der Waals surface area contributed by atoms with Crippen molar-refractivity contribution in [3.05, 3.63) is 40.6 Å². The molecule has 0 bridgehead atoms. The maximum Gasteiger partial charge on any atom is 0.354 e. The Hall–Kier alpha value is -2.48. The van der Waals surface area contributed by atoms with E-state index in [2.05, 4.69) is 16.9 Å². The summed E-state index contributed by atoms with van der Waals surface area (Å²) < 4.78 is 5.23. The SMILES string of the molecule is C=CCCOCCNc1nc(C(=O)O)ccc1[N+](=O)[O-]. The van der Waals surface area contributed by atoms with Crippen LogP contribution in [0.15, 0.2) is 24.8 Å². The summed E-state index contributed by atoms with van der Waals surface area (Å²) >= 11 is 0. The molecule has 1 aromatic rings. The molecule has 108 valence electrons. The summed E-state index contributed by atoms with van der Waals surface area (Å²) in [5, 5.41) is 22.3. The molecule has 2 N–H and O–H groups in total. The zero-order chi connectivity index (χ0) is 15.0. The molecule has 1 aromatic heterocycles. The first-order valence-corrected chi connectivity index (χ1v) is 5.87. The highest BCUT2D eigenvalue weighted by atomic mass is 16.6. The minimum absolute atomic E-state index is 0.0813. The number of rotatable bonds is 9. The van der Waals surface area contributed by atoms with Crippen molar-refractivity contribution in [1.29, 1.82) is 0 Å². The molecule has 20 heavy (non-hydrogen) atoms. The summed E-state index contributed by atoms with van der Waals surface area (Å²) in [6.45, 7) is 4.67. The fraction of sp³-hybridized carbons (Fsp3) is 0.333. The van der Waals surface area contributed by atoms with Crippen LogP contribution < -0.4 is 5.32 Å². The van der Waals surface area contributed by atoms with Gasteiger partial charge < -0.3 is 15.2 Å². The first kappa shape index (κ1) is 15.6. The zero-order valence-electron chi connectivity index (χ0n) is 10.7. The summed E-state index contributed by atoms with van der Waals surface area (Å²) in [4.78, 5) is 24.7. The lowest BCUT2D eigenvalue weighted by Crippen LogP contribution is -2.13. The van der Waals surface area contributed by atoms with Crippen LogP contribution in [0.2, 0.25) is 0 Å². The summed E-state index contributed by atoms with van der Waals surface area (Å²) in [5.41, 5.74) is -0.535. The quantitative estimate of drug-likeness (QED) is 0.306. The molecular formula is C12H15N3O5. The van der Waals surface area contributed by atoms with Crippen LogP contribution in [0.1, 0.15) is 16.9 Å². The van der Waals surface area contributed by atoms with Gasteiger partial charge in [-0.25, -0.2) is 9.78 Å². The fourth-order valence-corrected chi connectivity index (χ4v) is 1.36. The van der Waals surface area contributed by atoms with Crippen molar-refractivity contribution in [2.75, 3.05) is 25.1 Å². The number of carboxylic acid groups (broad SMARTS) is 1. The number of nitrogens with one attached hydrogen (secondary N) is 1. The highest BCUT2D eigenvalue weighted by Crippen LogP contribution is 2.21. The van der Waals surface area contributed by atoms with Crippen molar-refractivity contribution >= 4 is 17.5 Å². The second-order valence-electron chi connectivity index (χ2n) is 3.74. The van der Waals surface area contributed by atoms with E-state index in [0.29, 0.717) is 19.6 Å². The molecule has 0 aliphatic carbocycles. The molecule has 0 amide bonds. The van der Waals surface area contributed by atoms with Crippen LogP contribution in [-0.4, -0.2) is 40.7 Å². The van der Waals surface area contributed by atoms with Crippen molar-refractivity contribution in [3.8, 4) is 0 Å². The van der Waals surface area contributed by atoms with Crippen LogP contribution in [0.3, 0.4) is 0 Å². The third-order valence-electron chi connectivity index (χ3n) is 2.29. The van der Waals surface area contributed by atoms with E-state index in [4.69, 9.17) is 9.84 Å². The Morgan fingerprint density at radius 3 is 2.90 bits per heavy atom. The lowest BCUT2D eigenvalue weighted by Gasteiger charge is -2.07. The monoisotopic (exact) mass is 281 g/mol. The second kappa shape index (κ2) is 7.85. The topological polar surface area (TPSA) is 115 Å². The van der Waals surface area contributed by atoms with Gasteiger partial charge in [0.25, 0.3) is 0 Å². The molecule has 0 aromatic carbocycles. The van der Waals surface area contributed by atoms with E-state index in [1.807, 2.05) is 0 Å². The number of aromatic nitrogens is 1. The molecule has 0 aliphatic rings. The van der Waals surface area contributed by atoms with Gasteiger partial charge in [0.2, 0.25) is 5.82 Å². The Morgan fingerprint density at radius 1 is 1.55 bits per heavy atom. The molecular weight excluding hydrogens is 266 g/mol. The zero-order valence-corrected chi connectivity index (χ0v) is 10.7. The van der Waals surface area contributed by atoms with Gasteiger partial charge in [-0.05, 0) is 12.5 Å². The van der Waals surface area contributed by atoms with Gasteiger partial charge in [-0.1, -0.05) is 6.08 Å². The highest BCUT2D eigenvalue weighted by molar-refractivity contribution is 5.86. The predicted octanol–water partition coefficient (Wildman–Crippen LogP) is 1.69. The van der Waals surface area contributed by atoms with Gasteiger partial charge >= 0.3 is 11.7 Å². The minimum Gasteiger partial charge on any atom is -0.477 e. The number of hydrogen-bond donors (Lipinski definition) is 2. The third kappa shape index (κ3) is 4.65. The second-order valence-corrected chi connectivity index (χ2v) is 3.74. The largest absolute Gasteiger partial charge is 0.477 e. The Labute approximate surface area is 115 Å². The number of carboxylic acids is 1. The van der Waals surface area contributed by atoms with Crippen molar-refractivity contribution in [2.24, 2.45) is 0 Å². The predicted molar refractivity (Wildman–Crippen MR) is 72.0 cm³/mol. The molecule has 8 heteroatoms. The Morgan fingerprint density at radius 2 is 2.30 bits per heavy atom. The molecule has 0 saturated heterocycles. The molecule has 0 radical (unpaired) electrons. The fourth-order valence-electron chi connectivity index (χ4n) is 1.36. The minimum atomic E-state index is -1.25. The molecule has 0 fully saturated rings. The van der Waals surface area contributed by atoms with Crippen molar-refractivity contribution < 1.29 is 19.6 Å². The first-order valence-electron chi connectivity index (χ1n) is 5.87. The smallest absolute Gasteiger partial charge is 0.354 e. The Bertz CT molecular complexity index is 504. The molecule has 0 aliphatic heterocycles. The van der Waals surface area contributed by atoms with E-state index in [1.165, 1.54) is 0 Å². The van der Waals surface area contributed by atoms with Crippen LogP contribution in [0.5, 0.6) is 0 Å². The van der Waals surface area contributed by atoms with Crippen LogP contribution in [0.4, 0.5) is 11.5 Å².